The molecule has 3 rings (SSSR count). The third-order valence-electron chi connectivity index (χ3n) is 4.42. The van der Waals surface area contributed by atoms with Crippen LogP contribution in [0.2, 0.25) is 0 Å². The van der Waals surface area contributed by atoms with Crippen LogP contribution in [0.5, 0.6) is 5.75 Å². The second kappa shape index (κ2) is 8.13. The SMILES string of the molecule is COc1cccc(CNCC(O)(c2ccccc2)c2ccc(F)cc2)c1. The van der Waals surface area contributed by atoms with Gasteiger partial charge < -0.3 is 15.2 Å². The average Bonchev–Trinajstić information content (AvgIpc) is 2.69. The van der Waals surface area contributed by atoms with Crippen LogP contribution in [0.1, 0.15) is 16.7 Å². The molecule has 3 aromatic carbocycles. The van der Waals surface area contributed by atoms with Crippen LogP contribution in [-0.2, 0) is 12.1 Å². The lowest BCUT2D eigenvalue weighted by molar-refractivity contribution is 0.0795. The summed E-state index contributed by atoms with van der Waals surface area (Å²) in [5.74, 6) is 0.467. The number of rotatable bonds is 7. The molecule has 1 unspecified atom stereocenters. The zero-order valence-corrected chi connectivity index (χ0v) is 14.7. The maximum Gasteiger partial charge on any atom is 0.127 e. The van der Waals surface area contributed by atoms with Crippen molar-refractivity contribution in [3.8, 4) is 5.75 Å². The van der Waals surface area contributed by atoms with Gasteiger partial charge in [0, 0.05) is 13.1 Å². The Kier molecular flexibility index (Phi) is 5.66. The van der Waals surface area contributed by atoms with Crippen LogP contribution < -0.4 is 10.1 Å². The predicted molar refractivity (Wildman–Crippen MR) is 101 cm³/mol. The predicted octanol–water partition coefficient (Wildman–Crippen LogP) is 3.86. The second-order valence-electron chi connectivity index (χ2n) is 6.19. The van der Waals surface area contributed by atoms with Gasteiger partial charge in [0.15, 0.2) is 0 Å². The smallest absolute Gasteiger partial charge is 0.127 e. The van der Waals surface area contributed by atoms with Gasteiger partial charge >= 0.3 is 0 Å². The van der Waals surface area contributed by atoms with Crippen LogP contribution in [0.15, 0.2) is 78.9 Å². The molecule has 0 saturated carbocycles. The zero-order valence-electron chi connectivity index (χ0n) is 14.7. The monoisotopic (exact) mass is 351 g/mol. The standard InChI is InChI=1S/C22H22FNO2/c1-26-21-9-5-6-17(14-21)15-24-16-22(25,18-7-3-2-4-8-18)19-10-12-20(23)13-11-19/h2-14,24-25H,15-16H2,1H3. The van der Waals surface area contributed by atoms with Crippen molar-refractivity contribution in [2.75, 3.05) is 13.7 Å². The number of hydrogen-bond donors (Lipinski definition) is 2. The quantitative estimate of drug-likeness (QED) is 0.679. The molecule has 3 aromatic rings. The van der Waals surface area contributed by atoms with E-state index in [2.05, 4.69) is 5.32 Å². The number of ether oxygens (including phenoxy) is 1. The highest BCUT2D eigenvalue weighted by Gasteiger charge is 2.31. The summed E-state index contributed by atoms with van der Waals surface area (Å²) >= 11 is 0. The fourth-order valence-electron chi connectivity index (χ4n) is 2.98. The third kappa shape index (κ3) is 4.10. The Morgan fingerprint density at radius 1 is 0.923 bits per heavy atom. The van der Waals surface area contributed by atoms with E-state index in [0.29, 0.717) is 18.7 Å². The van der Waals surface area contributed by atoms with Gasteiger partial charge in [-0.15, -0.1) is 0 Å². The van der Waals surface area contributed by atoms with Crippen LogP contribution >= 0.6 is 0 Å². The molecular formula is C22H22FNO2. The molecule has 0 saturated heterocycles. The first-order valence-corrected chi connectivity index (χ1v) is 8.49. The van der Waals surface area contributed by atoms with E-state index < -0.39 is 5.60 Å². The Morgan fingerprint density at radius 2 is 1.62 bits per heavy atom. The highest BCUT2D eigenvalue weighted by molar-refractivity contribution is 5.37. The lowest BCUT2D eigenvalue weighted by Gasteiger charge is -2.30. The lowest BCUT2D eigenvalue weighted by atomic mass is 9.86. The summed E-state index contributed by atoms with van der Waals surface area (Å²) in [7, 11) is 1.63. The molecule has 1 atom stereocenters. The normalized spacial score (nSPS) is 13.2. The molecule has 4 heteroatoms. The van der Waals surface area contributed by atoms with Crippen LogP contribution in [0, 0.1) is 5.82 Å². The maximum atomic E-state index is 13.3. The van der Waals surface area contributed by atoms with E-state index >= 15 is 0 Å². The van der Waals surface area contributed by atoms with Gasteiger partial charge in [0.2, 0.25) is 0 Å². The first kappa shape index (κ1) is 18.1. The molecule has 0 radical (unpaired) electrons. The maximum absolute atomic E-state index is 13.3. The van der Waals surface area contributed by atoms with Crippen molar-refractivity contribution >= 4 is 0 Å². The summed E-state index contributed by atoms with van der Waals surface area (Å²) in [6, 6.07) is 23.1. The summed E-state index contributed by atoms with van der Waals surface area (Å²) in [4.78, 5) is 0. The minimum atomic E-state index is -1.26. The fourth-order valence-corrected chi connectivity index (χ4v) is 2.98. The Labute approximate surface area is 153 Å². The molecule has 0 amide bonds. The number of benzene rings is 3. The van der Waals surface area contributed by atoms with Crippen LogP contribution in [0.4, 0.5) is 4.39 Å². The Morgan fingerprint density at radius 3 is 2.31 bits per heavy atom. The van der Waals surface area contributed by atoms with Gasteiger partial charge in [-0.1, -0.05) is 54.6 Å². The minimum absolute atomic E-state index is 0.292. The first-order valence-electron chi connectivity index (χ1n) is 8.49. The van der Waals surface area contributed by atoms with Crippen molar-refractivity contribution < 1.29 is 14.2 Å². The van der Waals surface area contributed by atoms with E-state index in [9.17, 15) is 9.50 Å². The zero-order chi connectivity index (χ0) is 18.4. The van der Waals surface area contributed by atoms with Crippen molar-refractivity contribution in [1.29, 1.82) is 0 Å². The average molecular weight is 351 g/mol. The lowest BCUT2D eigenvalue weighted by Crippen LogP contribution is -2.39. The summed E-state index contributed by atoms with van der Waals surface area (Å²) in [5.41, 5.74) is 1.19. The van der Waals surface area contributed by atoms with E-state index in [-0.39, 0.29) is 5.82 Å². The molecule has 26 heavy (non-hydrogen) atoms. The highest BCUT2D eigenvalue weighted by Crippen LogP contribution is 2.29. The van der Waals surface area contributed by atoms with Crippen molar-refractivity contribution in [3.05, 3.63) is 101 Å². The summed E-state index contributed by atoms with van der Waals surface area (Å²) in [6.45, 7) is 0.868. The van der Waals surface area contributed by atoms with Crippen LogP contribution in [0.25, 0.3) is 0 Å². The van der Waals surface area contributed by atoms with Crippen LogP contribution in [-0.4, -0.2) is 18.8 Å². The molecule has 0 bridgehead atoms. The molecule has 0 aliphatic carbocycles. The number of hydrogen-bond acceptors (Lipinski definition) is 3. The van der Waals surface area contributed by atoms with Gasteiger partial charge in [-0.05, 0) is 41.0 Å². The van der Waals surface area contributed by atoms with E-state index in [4.69, 9.17) is 4.74 Å². The van der Waals surface area contributed by atoms with Gasteiger partial charge in [0.1, 0.15) is 17.2 Å². The van der Waals surface area contributed by atoms with E-state index in [1.54, 1.807) is 19.2 Å². The topological polar surface area (TPSA) is 41.5 Å². The molecule has 0 fully saturated rings. The molecule has 134 valence electrons. The van der Waals surface area contributed by atoms with E-state index in [1.165, 1.54) is 12.1 Å². The van der Waals surface area contributed by atoms with Gasteiger partial charge in [-0.25, -0.2) is 4.39 Å². The summed E-state index contributed by atoms with van der Waals surface area (Å²) < 4.78 is 18.6. The van der Waals surface area contributed by atoms with E-state index in [1.807, 2.05) is 54.6 Å². The number of aliphatic hydroxyl groups is 1. The number of methoxy groups -OCH3 is 1. The van der Waals surface area contributed by atoms with Gasteiger partial charge in [0.25, 0.3) is 0 Å². The van der Waals surface area contributed by atoms with Crippen molar-refractivity contribution in [1.82, 2.24) is 5.32 Å². The molecule has 3 nitrogen and oxygen atoms in total. The fraction of sp³-hybridized carbons (Fsp3) is 0.182. The van der Waals surface area contributed by atoms with Crippen LogP contribution in [0.3, 0.4) is 0 Å². The molecule has 0 aliphatic heterocycles. The summed E-state index contributed by atoms with van der Waals surface area (Å²) in [6.07, 6.45) is 0. The van der Waals surface area contributed by atoms with Gasteiger partial charge in [-0.3, -0.25) is 0 Å². The minimum Gasteiger partial charge on any atom is -0.497 e. The highest BCUT2D eigenvalue weighted by atomic mass is 19.1. The number of halogens is 1. The van der Waals surface area contributed by atoms with Crippen molar-refractivity contribution in [2.24, 2.45) is 0 Å². The molecule has 0 aliphatic rings. The molecule has 0 heterocycles. The molecular weight excluding hydrogens is 329 g/mol. The first-order chi connectivity index (χ1) is 12.6. The van der Waals surface area contributed by atoms with E-state index in [0.717, 1.165) is 16.9 Å². The third-order valence-corrected chi connectivity index (χ3v) is 4.42. The second-order valence-corrected chi connectivity index (χ2v) is 6.19. The molecule has 0 aromatic heterocycles. The Bertz CT molecular complexity index is 836. The van der Waals surface area contributed by atoms with Gasteiger partial charge in [-0.2, -0.15) is 0 Å². The number of nitrogens with one attached hydrogen (secondary N) is 1. The summed E-state index contributed by atoms with van der Waals surface area (Å²) in [5, 5.41) is 14.7. The van der Waals surface area contributed by atoms with Gasteiger partial charge in [0.05, 0.1) is 7.11 Å². The molecule has 0 spiro atoms. The van der Waals surface area contributed by atoms with Crippen molar-refractivity contribution in [2.45, 2.75) is 12.1 Å². The van der Waals surface area contributed by atoms with Crippen molar-refractivity contribution in [3.63, 3.8) is 0 Å². The largest absolute Gasteiger partial charge is 0.497 e. The molecule has 2 N–H and O–H groups in total. The Balaban J connectivity index is 1.81. The Hall–Kier alpha value is -2.69.